The maximum absolute atomic E-state index is 13.1. The van der Waals surface area contributed by atoms with E-state index in [2.05, 4.69) is 10.6 Å². The number of hydrogen-bond acceptors (Lipinski definition) is 3. The minimum Gasteiger partial charge on any atom is -0.496 e. The molecule has 0 bridgehead atoms. The van der Waals surface area contributed by atoms with Crippen molar-refractivity contribution in [2.75, 3.05) is 17.7 Å². The van der Waals surface area contributed by atoms with Gasteiger partial charge in [-0.2, -0.15) is 13.2 Å². The lowest BCUT2D eigenvalue weighted by Gasteiger charge is -2.13. The average Bonchev–Trinajstić information content (AvgIpc) is 2.88. The smallest absolute Gasteiger partial charge is 0.420 e. The van der Waals surface area contributed by atoms with E-state index >= 15 is 0 Å². The number of carbonyl (C=O) groups is 1. The Bertz CT molecular complexity index is 873. The minimum atomic E-state index is -4.54. The van der Waals surface area contributed by atoms with Crippen LogP contribution in [0.5, 0.6) is 5.75 Å². The van der Waals surface area contributed by atoms with Crippen molar-refractivity contribution < 1.29 is 22.7 Å². The molecule has 1 aliphatic rings. The third-order valence-corrected chi connectivity index (χ3v) is 3.92. The number of fused-ring (bicyclic) bond motifs is 1. The van der Waals surface area contributed by atoms with Gasteiger partial charge in [-0.15, -0.1) is 0 Å². The molecule has 2 aromatic carbocycles. The number of alkyl halides is 3. The zero-order valence-electron chi connectivity index (χ0n) is 13.5. The molecule has 0 atom stereocenters. The molecule has 0 aliphatic carbocycles. The highest BCUT2D eigenvalue weighted by Gasteiger charge is 2.34. The molecule has 4 nitrogen and oxygen atoms in total. The first-order valence-electron chi connectivity index (χ1n) is 7.44. The molecule has 7 heteroatoms. The Kier molecular flexibility index (Phi) is 4.16. The first-order valence-corrected chi connectivity index (χ1v) is 7.44. The predicted molar refractivity (Wildman–Crippen MR) is 89.4 cm³/mol. The summed E-state index contributed by atoms with van der Waals surface area (Å²) in [4.78, 5) is 12.1. The van der Waals surface area contributed by atoms with Crippen molar-refractivity contribution in [3.63, 3.8) is 0 Å². The van der Waals surface area contributed by atoms with Crippen LogP contribution in [-0.4, -0.2) is 13.0 Å². The van der Waals surface area contributed by atoms with Gasteiger partial charge >= 0.3 is 6.18 Å². The van der Waals surface area contributed by atoms with E-state index in [0.717, 1.165) is 17.2 Å². The number of benzene rings is 2. The highest BCUT2D eigenvalue weighted by atomic mass is 19.4. The molecule has 1 heterocycles. The number of hydrogen-bond donors (Lipinski definition) is 2. The molecular weight excluding hydrogens is 333 g/mol. The van der Waals surface area contributed by atoms with E-state index in [1.807, 2.05) is 19.1 Å². The predicted octanol–water partition coefficient (Wildman–Crippen LogP) is 4.43. The van der Waals surface area contributed by atoms with E-state index in [1.165, 1.54) is 25.4 Å². The third-order valence-electron chi connectivity index (χ3n) is 3.92. The molecule has 0 saturated heterocycles. The van der Waals surface area contributed by atoms with Gasteiger partial charge in [0.15, 0.2) is 0 Å². The van der Waals surface area contributed by atoms with Crippen LogP contribution in [0, 0.1) is 6.92 Å². The summed E-state index contributed by atoms with van der Waals surface area (Å²) in [5, 5.41) is 5.50. The minimum absolute atomic E-state index is 0.204. The molecule has 1 aliphatic heterocycles. The van der Waals surface area contributed by atoms with Crippen molar-refractivity contribution in [1.82, 2.24) is 0 Å². The molecule has 1 amide bonds. The third kappa shape index (κ3) is 3.17. The summed E-state index contributed by atoms with van der Waals surface area (Å²) in [5.41, 5.74) is 2.02. The molecule has 25 heavy (non-hydrogen) atoms. The van der Waals surface area contributed by atoms with Crippen LogP contribution in [0.25, 0.3) is 5.57 Å². The lowest BCUT2D eigenvalue weighted by atomic mass is 10.0. The summed E-state index contributed by atoms with van der Waals surface area (Å²) in [7, 11) is 1.18. The van der Waals surface area contributed by atoms with Crippen LogP contribution in [0.4, 0.5) is 24.5 Å². The number of anilines is 2. The van der Waals surface area contributed by atoms with Crippen molar-refractivity contribution in [2.24, 2.45) is 0 Å². The van der Waals surface area contributed by atoms with Crippen molar-refractivity contribution in [1.29, 1.82) is 0 Å². The summed E-state index contributed by atoms with van der Waals surface area (Å²) in [6.45, 7) is 1.86. The Morgan fingerprint density at radius 3 is 2.64 bits per heavy atom. The monoisotopic (exact) mass is 348 g/mol. The van der Waals surface area contributed by atoms with E-state index in [-0.39, 0.29) is 17.3 Å². The first kappa shape index (κ1) is 16.9. The number of nitrogens with one attached hydrogen (secondary N) is 2. The molecule has 0 fully saturated rings. The lowest BCUT2D eigenvalue weighted by molar-refractivity contribution is -0.138. The summed E-state index contributed by atoms with van der Waals surface area (Å²) < 4.78 is 44.0. The van der Waals surface area contributed by atoms with Crippen molar-refractivity contribution >= 4 is 22.9 Å². The van der Waals surface area contributed by atoms with E-state index in [9.17, 15) is 18.0 Å². The molecule has 3 rings (SSSR count). The number of ether oxygens (including phenoxy) is 1. The standard InChI is InChI=1S/C18H15F3N2O2/c1-10-4-3-5-14-16(10)12(17(24)23-14)9-22-11-6-7-15(25-2)13(8-11)18(19,20)21/h3-9,22H,1-2H3,(H,23,24)/b12-9+. The Morgan fingerprint density at radius 2 is 1.96 bits per heavy atom. The number of amides is 1. The van der Waals surface area contributed by atoms with Crippen LogP contribution in [0.2, 0.25) is 0 Å². The van der Waals surface area contributed by atoms with Gasteiger partial charge in [0.1, 0.15) is 5.75 Å². The number of halogens is 3. The van der Waals surface area contributed by atoms with Gasteiger partial charge in [-0.05, 0) is 36.8 Å². The van der Waals surface area contributed by atoms with Crippen LogP contribution in [0.15, 0.2) is 42.6 Å². The molecule has 0 unspecified atom stereocenters. The highest BCUT2D eigenvalue weighted by molar-refractivity contribution is 6.32. The van der Waals surface area contributed by atoms with Crippen LogP contribution in [0.1, 0.15) is 16.7 Å². The van der Waals surface area contributed by atoms with E-state index in [4.69, 9.17) is 4.74 Å². The van der Waals surface area contributed by atoms with Crippen LogP contribution < -0.4 is 15.4 Å². The van der Waals surface area contributed by atoms with Gasteiger partial charge in [0.25, 0.3) is 5.91 Å². The summed E-state index contributed by atoms with van der Waals surface area (Å²) >= 11 is 0. The van der Waals surface area contributed by atoms with Gasteiger partial charge in [-0.1, -0.05) is 12.1 Å². The average molecular weight is 348 g/mol. The Morgan fingerprint density at radius 1 is 1.20 bits per heavy atom. The maximum Gasteiger partial charge on any atom is 0.420 e. The molecule has 2 N–H and O–H groups in total. The molecule has 0 radical (unpaired) electrons. The second-order valence-corrected chi connectivity index (χ2v) is 5.57. The number of aryl methyl sites for hydroxylation is 1. The van der Waals surface area contributed by atoms with Crippen LogP contribution in [0.3, 0.4) is 0 Å². The van der Waals surface area contributed by atoms with Crippen molar-refractivity contribution in [3.05, 3.63) is 59.3 Å². The molecule has 0 spiro atoms. The number of rotatable bonds is 3. The van der Waals surface area contributed by atoms with E-state index in [1.54, 1.807) is 6.07 Å². The normalized spacial score (nSPS) is 15.1. The zero-order valence-corrected chi connectivity index (χ0v) is 13.5. The topological polar surface area (TPSA) is 50.4 Å². The van der Waals surface area contributed by atoms with Gasteiger partial charge in [0, 0.05) is 23.1 Å². The zero-order chi connectivity index (χ0) is 18.2. The van der Waals surface area contributed by atoms with Gasteiger partial charge in [-0.25, -0.2) is 0 Å². The van der Waals surface area contributed by atoms with Crippen LogP contribution >= 0.6 is 0 Å². The largest absolute Gasteiger partial charge is 0.496 e. The molecule has 130 valence electrons. The molecule has 0 saturated carbocycles. The van der Waals surface area contributed by atoms with E-state index < -0.39 is 11.7 Å². The number of methoxy groups -OCH3 is 1. The van der Waals surface area contributed by atoms with E-state index in [0.29, 0.717) is 11.3 Å². The quantitative estimate of drug-likeness (QED) is 0.807. The fourth-order valence-electron chi connectivity index (χ4n) is 2.75. The SMILES string of the molecule is COc1ccc(N/C=C2/C(=O)Nc3cccc(C)c32)cc1C(F)(F)F. The van der Waals surface area contributed by atoms with Crippen molar-refractivity contribution in [3.8, 4) is 5.75 Å². The molecular formula is C18H15F3N2O2. The Labute approximate surface area is 142 Å². The first-order chi connectivity index (χ1) is 11.8. The highest BCUT2D eigenvalue weighted by Crippen LogP contribution is 2.38. The molecule has 2 aromatic rings. The van der Waals surface area contributed by atoms with Gasteiger partial charge in [0.2, 0.25) is 0 Å². The van der Waals surface area contributed by atoms with Gasteiger partial charge in [0.05, 0.1) is 18.2 Å². The van der Waals surface area contributed by atoms with Crippen LogP contribution in [-0.2, 0) is 11.0 Å². The summed E-state index contributed by atoms with van der Waals surface area (Å²) in [6.07, 6.45) is -3.12. The lowest BCUT2D eigenvalue weighted by Crippen LogP contribution is -2.08. The Balaban J connectivity index is 1.95. The van der Waals surface area contributed by atoms with Crippen molar-refractivity contribution in [2.45, 2.75) is 13.1 Å². The van der Waals surface area contributed by atoms with Gasteiger partial charge in [-0.3, -0.25) is 4.79 Å². The second kappa shape index (κ2) is 6.16. The van der Waals surface area contributed by atoms with Gasteiger partial charge < -0.3 is 15.4 Å². The maximum atomic E-state index is 13.1. The fraction of sp³-hybridized carbons (Fsp3) is 0.167. The summed E-state index contributed by atoms with van der Waals surface area (Å²) in [6, 6.07) is 9.10. The number of carbonyl (C=O) groups excluding carboxylic acids is 1. The summed E-state index contributed by atoms with van der Waals surface area (Å²) in [5.74, 6) is -0.563. The Hall–Kier alpha value is -2.96. The second-order valence-electron chi connectivity index (χ2n) is 5.57. The fourth-order valence-corrected chi connectivity index (χ4v) is 2.75. The molecule has 0 aromatic heterocycles.